The molecular formula is C13H17BrN2O. The molecule has 92 valence electrons. The molecule has 2 atom stereocenters. The molecule has 4 heteroatoms. The smallest absolute Gasteiger partial charge is 0.0787 e. The Balaban J connectivity index is 1.76. The SMILES string of the molecule is NC1(Cc2ccc(Br)cn2)CCOC1C1CC1. The van der Waals surface area contributed by atoms with Gasteiger partial charge in [0.15, 0.2) is 0 Å². The average Bonchev–Trinajstić information content (AvgIpc) is 3.07. The topological polar surface area (TPSA) is 48.1 Å². The predicted octanol–water partition coefficient (Wildman–Crippen LogP) is 2.28. The van der Waals surface area contributed by atoms with Gasteiger partial charge in [0.2, 0.25) is 0 Å². The minimum Gasteiger partial charge on any atom is -0.376 e. The summed E-state index contributed by atoms with van der Waals surface area (Å²) in [6.07, 6.45) is 6.40. The van der Waals surface area contributed by atoms with E-state index in [2.05, 4.69) is 20.9 Å². The molecule has 1 aromatic rings. The zero-order chi connectivity index (χ0) is 11.9. The first kappa shape index (κ1) is 11.6. The summed E-state index contributed by atoms with van der Waals surface area (Å²) in [5.41, 5.74) is 7.39. The Kier molecular flexibility index (Phi) is 2.97. The Morgan fingerprint density at radius 2 is 2.29 bits per heavy atom. The first-order chi connectivity index (χ1) is 8.17. The molecule has 0 bridgehead atoms. The number of ether oxygens (including phenoxy) is 1. The lowest BCUT2D eigenvalue weighted by molar-refractivity contribution is 0.0624. The highest BCUT2D eigenvalue weighted by Crippen LogP contribution is 2.43. The van der Waals surface area contributed by atoms with Crippen molar-refractivity contribution < 1.29 is 4.74 Å². The van der Waals surface area contributed by atoms with E-state index in [4.69, 9.17) is 10.5 Å². The summed E-state index contributed by atoms with van der Waals surface area (Å²) in [6.45, 7) is 0.800. The molecule has 2 N–H and O–H groups in total. The van der Waals surface area contributed by atoms with Gasteiger partial charge in [-0.05, 0) is 53.2 Å². The highest BCUT2D eigenvalue weighted by atomic mass is 79.9. The number of hydrogen-bond acceptors (Lipinski definition) is 3. The number of aromatic nitrogens is 1. The molecule has 1 aliphatic heterocycles. The first-order valence-corrected chi connectivity index (χ1v) is 6.98. The van der Waals surface area contributed by atoms with Gasteiger partial charge in [-0.15, -0.1) is 0 Å². The van der Waals surface area contributed by atoms with Gasteiger partial charge in [-0.25, -0.2) is 0 Å². The summed E-state index contributed by atoms with van der Waals surface area (Å²) in [7, 11) is 0. The maximum atomic E-state index is 6.54. The minimum atomic E-state index is -0.206. The van der Waals surface area contributed by atoms with Crippen LogP contribution in [0.1, 0.15) is 25.0 Å². The fourth-order valence-electron chi connectivity index (χ4n) is 2.73. The summed E-state index contributed by atoms with van der Waals surface area (Å²) in [6, 6.07) is 4.06. The molecule has 1 saturated heterocycles. The van der Waals surface area contributed by atoms with E-state index in [9.17, 15) is 0 Å². The lowest BCUT2D eigenvalue weighted by Gasteiger charge is -2.29. The second-order valence-corrected chi connectivity index (χ2v) is 6.17. The van der Waals surface area contributed by atoms with Crippen LogP contribution in [0.3, 0.4) is 0 Å². The fourth-order valence-corrected chi connectivity index (χ4v) is 2.96. The van der Waals surface area contributed by atoms with Crippen molar-refractivity contribution in [1.82, 2.24) is 4.98 Å². The van der Waals surface area contributed by atoms with E-state index in [0.717, 1.165) is 29.6 Å². The van der Waals surface area contributed by atoms with Crippen molar-refractivity contribution in [2.45, 2.75) is 37.3 Å². The number of rotatable bonds is 3. The third kappa shape index (κ3) is 2.39. The summed E-state index contributed by atoms with van der Waals surface area (Å²) in [5, 5.41) is 0. The normalized spacial score (nSPS) is 32.9. The molecule has 2 aliphatic rings. The van der Waals surface area contributed by atoms with Crippen molar-refractivity contribution in [3.8, 4) is 0 Å². The second-order valence-electron chi connectivity index (χ2n) is 5.26. The first-order valence-electron chi connectivity index (χ1n) is 6.18. The van der Waals surface area contributed by atoms with Crippen LogP contribution in [0, 0.1) is 5.92 Å². The summed E-state index contributed by atoms with van der Waals surface area (Å²) in [5.74, 6) is 0.693. The van der Waals surface area contributed by atoms with Crippen molar-refractivity contribution in [1.29, 1.82) is 0 Å². The van der Waals surface area contributed by atoms with Crippen LogP contribution in [0.15, 0.2) is 22.8 Å². The van der Waals surface area contributed by atoms with Crippen LogP contribution in [-0.4, -0.2) is 23.2 Å². The van der Waals surface area contributed by atoms with Crippen molar-refractivity contribution in [3.63, 3.8) is 0 Å². The van der Waals surface area contributed by atoms with E-state index in [1.807, 2.05) is 18.3 Å². The Labute approximate surface area is 110 Å². The van der Waals surface area contributed by atoms with Gasteiger partial charge in [-0.2, -0.15) is 0 Å². The summed E-state index contributed by atoms with van der Waals surface area (Å²) < 4.78 is 6.83. The van der Waals surface area contributed by atoms with Gasteiger partial charge in [-0.3, -0.25) is 4.98 Å². The summed E-state index contributed by atoms with van der Waals surface area (Å²) >= 11 is 3.40. The van der Waals surface area contributed by atoms with Crippen LogP contribution < -0.4 is 5.73 Å². The van der Waals surface area contributed by atoms with Crippen LogP contribution in [0.2, 0.25) is 0 Å². The number of nitrogens with two attached hydrogens (primary N) is 1. The average molecular weight is 297 g/mol. The molecule has 0 amide bonds. The maximum absolute atomic E-state index is 6.54. The molecular weight excluding hydrogens is 280 g/mol. The van der Waals surface area contributed by atoms with Crippen molar-refractivity contribution in [3.05, 3.63) is 28.5 Å². The van der Waals surface area contributed by atoms with Crippen LogP contribution in [-0.2, 0) is 11.2 Å². The predicted molar refractivity (Wildman–Crippen MR) is 69.6 cm³/mol. The summed E-state index contributed by atoms with van der Waals surface area (Å²) in [4.78, 5) is 4.42. The molecule has 2 fully saturated rings. The van der Waals surface area contributed by atoms with Crippen LogP contribution in [0.25, 0.3) is 0 Å². The third-order valence-electron chi connectivity index (χ3n) is 3.78. The van der Waals surface area contributed by atoms with E-state index in [1.165, 1.54) is 12.8 Å². The van der Waals surface area contributed by atoms with Crippen LogP contribution >= 0.6 is 15.9 Å². The molecule has 0 radical (unpaired) electrons. The van der Waals surface area contributed by atoms with Crippen LogP contribution in [0.5, 0.6) is 0 Å². The van der Waals surface area contributed by atoms with Gasteiger partial charge in [0, 0.05) is 29.4 Å². The molecule has 1 aliphatic carbocycles. The van der Waals surface area contributed by atoms with Gasteiger partial charge in [0.05, 0.1) is 11.6 Å². The largest absolute Gasteiger partial charge is 0.376 e. The van der Waals surface area contributed by atoms with E-state index < -0.39 is 0 Å². The van der Waals surface area contributed by atoms with Gasteiger partial charge in [-0.1, -0.05) is 0 Å². The third-order valence-corrected chi connectivity index (χ3v) is 4.25. The van der Waals surface area contributed by atoms with E-state index >= 15 is 0 Å². The molecule has 0 spiro atoms. The van der Waals surface area contributed by atoms with E-state index in [-0.39, 0.29) is 11.6 Å². The number of nitrogens with zero attached hydrogens (tertiary/aromatic N) is 1. The molecule has 2 unspecified atom stereocenters. The molecule has 17 heavy (non-hydrogen) atoms. The van der Waals surface area contributed by atoms with Gasteiger partial charge < -0.3 is 10.5 Å². The highest BCUT2D eigenvalue weighted by molar-refractivity contribution is 9.10. The molecule has 0 aromatic carbocycles. The quantitative estimate of drug-likeness (QED) is 0.931. The Morgan fingerprint density at radius 1 is 1.47 bits per heavy atom. The molecule has 1 aromatic heterocycles. The van der Waals surface area contributed by atoms with Gasteiger partial charge in [0.1, 0.15) is 0 Å². The molecule has 1 saturated carbocycles. The van der Waals surface area contributed by atoms with E-state index in [1.54, 1.807) is 0 Å². The Hall–Kier alpha value is -0.450. The van der Waals surface area contributed by atoms with Crippen molar-refractivity contribution in [2.24, 2.45) is 11.7 Å². The monoisotopic (exact) mass is 296 g/mol. The standard InChI is InChI=1S/C13H17BrN2O/c14-10-3-4-11(16-8-10)7-13(15)5-6-17-12(13)9-1-2-9/h3-4,8-9,12H,1-2,5-7,15H2. The molecule has 3 nitrogen and oxygen atoms in total. The lowest BCUT2D eigenvalue weighted by Crippen LogP contribution is -2.50. The minimum absolute atomic E-state index is 0.206. The van der Waals surface area contributed by atoms with E-state index in [0.29, 0.717) is 5.92 Å². The number of hydrogen-bond donors (Lipinski definition) is 1. The Morgan fingerprint density at radius 3 is 2.94 bits per heavy atom. The number of pyridine rings is 1. The fraction of sp³-hybridized carbons (Fsp3) is 0.615. The van der Waals surface area contributed by atoms with Crippen molar-refractivity contribution >= 4 is 15.9 Å². The second kappa shape index (κ2) is 4.34. The van der Waals surface area contributed by atoms with Crippen LogP contribution in [0.4, 0.5) is 0 Å². The highest BCUT2D eigenvalue weighted by Gasteiger charge is 2.48. The lowest BCUT2D eigenvalue weighted by atomic mass is 9.85. The van der Waals surface area contributed by atoms with Gasteiger partial charge in [0.25, 0.3) is 0 Å². The zero-order valence-corrected chi connectivity index (χ0v) is 11.3. The molecule has 2 heterocycles. The van der Waals surface area contributed by atoms with Crippen molar-refractivity contribution in [2.75, 3.05) is 6.61 Å². The molecule has 3 rings (SSSR count). The maximum Gasteiger partial charge on any atom is 0.0787 e. The number of halogens is 1. The zero-order valence-electron chi connectivity index (χ0n) is 9.73. The Bertz CT molecular complexity index is 404. The van der Waals surface area contributed by atoms with Gasteiger partial charge >= 0.3 is 0 Å².